The van der Waals surface area contributed by atoms with Crippen LogP contribution in [-0.2, 0) is 14.8 Å². The van der Waals surface area contributed by atoms with E-state index in [0.717, 1.165) is 51.4 Å². The van der Waals surface area contributed by atoms with Gasteiger partial charge in [0.05, 0.1) is 24.2 Å². The minimum atomic E-state index is -3.93. The molecule has 0 bridgehead atoms. The van der Waals surface area contributed by atoms with Crippen LogP contribution in [0.15, 0.2) is 29.2 Å². The third kappa shape index (κ3) is 5.35. The Labute approximate surface area is 246 Å². The third-order valence-corrected chi connectivity index (χ3v) is 14.0. The van der Waals surface area contributed by atoms with Gasteiger partial charge in [-0.3, -0.25) is 4.79 Å². The Bertz CT molecular complexity index is 1200. The minimum Gasteiger partial charge on any atom is -0.497 e. The number of aliphatic hydroxyl groups excluding tert-OH is 2. The Balaban J connectivity index is 1.25. The third-order valence-electron chi connectivity index (χ3n) is 12.6. The van der Waals surface area contributed by atoms with Crippen LogP contribution in [0.3, 0.4) is 0 Å². The first kappa shape index (κ1) is 30.8. The molecule has 0 aliphatic heterocycles. The number of hydrogen-bond acceptors (Lipinski definition) is 6. The van der Waals surface area contributed by atoms with Crippen LogP contribution in [0.25, 0.3) is 0 Å². The van der Waals surface area contributed by atoms with Crippen LogP contribution in [-0.4, -0.2) is 43.9 Å². The summed E-state index contributed by atoms with van der Waals surface area (Å²) in [4.78, 5) is 12.8. The summed E-state index contributed by atoms with van der Waals surface area (Å²) >= 11 is 0. The number of hydrogen-bond donors (Lipinski definition) is 3. The maximum atomic E-state index is 12.8. The Morgan fingerprint density at radius 3 is 2.34 bits per heavy atom. The number of methoxy groups -OCH3 is 1. The van der Waals surface area contributed by atoms with Crippen LogP contribution in [0.4, 0.5) is 0 Å². The maximum Gasteiger partial charge on any atom is 0.264 e. The largest absolute Gasteiger partial charge is 0.497 e. The molecule has 41 heavy (non-hydrogen) atoms. The standard InChI is InChI=1S/C33H51NO6S/c1-6-24-28-19-21(35)15-17-33(28,4)27-16-18-32(3)25(12-13-26(32)30(27)31(24)37)20(2)7-14-29(36)34-41(38,39)23-10-8-22(40-5)9-11-23/h8-11,20-21,24-28,30-31,35,37H,6-7,12-19H2,1-5H3,(H,34,36)/t20-,21-,24-,25?,26+,27+,28?,30+,31-,32?,33?/m1/s1. The molecule has 1 amide bonds. The summed E-state index contributed by atoms with van der Waals surface area (Å²) in [5, 5.41) is 22.4. The molecule has 0 aromatic heterocycles. The average molecular weight is 590 g/mol. The van der Waals surface area contributed by atoms with Crippen LogP contribution in [0.5, 0.6) is 5.75 Å². The molecule has 4 unspecified atom stereocenters. The van der Waals surface area contributed by atoms with Crippen molar-refractivity contribution in [2.75, 3.05) is 7.11 Å². The van der Waals surface area contributed by atoms with Crippen molar-refractivity contribution in [2.45, 2.75) is 109 Å². The van der Waals surface area contributed by atoms with Crippen molar-refractivity contribution >= 4 is 15.9 Å². The van der Waals surface area contributed by atoms with E-state index in [1.54, 1.807) is 12.1 Å². The highest BCUT2D eigenvalue weighted by Crippen LogP contribution is 2.69. The fourth-order valence-electron chi connectivity index (χ4n) is 10.5. The number of ether oxygens (including phenoxy) is 1. The molecule has 0 saturated heterocycles. The van der Waals surface area contributed by atoms with E-state index in [9.17, 15) is 23.4 Å². The van der Waals surface area contributed by atoms with Crippen LogP contribution in [0.2, 0.25) is 0 Å². The zero-order valence-corrected chi connectivity index (χ0v) is 26.3. The first-order chi connectivity index (χ1) is 19.4. The quantitative estimate of drug-likeness (QED) is 0.367. The molecule has 11 atom stereocenters. The number of carbonyl (C=O) groups is 1. The van der Waals surface area contributed by atoms with E-state index in [0.29, 0.717) is 41.8 Å². The lowest BCUT2D eigenvalue weighted by Gasteiger charge is -2.64. The summed E-state index contributed by atoms with van der Waals surface area (Å²) in [5.74, 6) is 2.71. The molecular formula is C33H51NO6S. The number of fused-ring (bicyclic) bond motifs is 5. The Kier molecular flexibility index (Phi) is 8.61. The monoisotopic (exact) mass is 589 g/mol. The molecule has 0 radical (unpaired) electrons. The van der Waals surface area contributed by atoms with Crippen LogP contribution >= 0.6 is 0 Å². The fraction of sp³-hybridized carbons (Fsp3) is 0.788. The summed E-state index contributed by atoms with van der Waals surface area (Å²) in [6.45, 7) is 9.33. The van der Waals surface area contributed by atoms with E-state index in [4.69, 9.17) is 4.74 Å². The minimum absolute atomic E-state index is 0.0439. The lowest BCUT2D eigenvalue weighted by Crippen LogP contribution is -2.62. The summed E-state index contributed by atoms with van der Waals surface area (Å²) in [6, 6.07) is 6.01. The highest BCUT2D eigenvalue weighted by atomic mass is 32.2. The lowest BCUT2D eigenvalue weighted by molar-refractivity contribution is -0.203. The van der Waals surface area contributed by atoms with Crippen molar-refractivity contribution in [2.24, 2.45) is 52.3 Å². The van der Waals surface area contributed by atoms with E-state index in [1.165, 1.54) is 19.2 Å². The van der Waals surface area contributed by atoms with Crippen molar-refractivity contribution in [3.8, 4) is 5.75 Å². The van der Waals surface area contributed by atoms with E-state index in [-0.39, 0.29) is 46.2 Å². The van der Waals surface area contributed by atoms with Crippen molar-refractivity contribution in [3.05, 3.63) is 24.3 Å². The number of sulfonamides is 1. The molecule has 1 aromatic rings. The Morgan fingerprint density at radius 2 is 1.68 bits per heavy atom. The molecule has 0 spiro atoms. The molecule has 3 N–H and O–H groups in total. The molecule has 7 nitrogen and oxygen atoms in total. The summed E-state index contributed by atoms with van der Waals surface area (Å²) in [5.41, 5.74) is 0.297. The molecule has 8 heteroatoms. The normalized spacial score (nSPS) is 41.0. The van der Waals surface area contributed by atoms with E-state index in [2.05, 4.69) is 32.4 Å². The molecule has 0 heterocycles. The molecule has 4 saturated carbocycles. The van der Waals surface area contributed by atoms with E-state index in [1.807, 2.05) is 0 Å². The second-order valence-electron chi connectivity index (χ2n) is 14.3. The lowest BCUT2D eigenvalue weighted by atomic mass is 9.41. The summed E-state index contributed by atoms with van der Waals surface area (Å²) < 4.78 is 32.8. The number of amides is 1. The number of rotatable bonds is 8. The highest BCUT2D eigenvalue weighted by molar-refractivity contribution is 7.90. The average Bonchev–Trinajstić information content (AvgIpc) is 3.30. The highest BCUT2D eigenvalue weighted by Gasteiger charge is 2.64. The first-order valence-corrected chi connectivity index (χ1v) is 17.4. The van der Waals surface area contributed by atoms with Crippen LogP contribution < -0.4 is 9.46 Å². The van der Waals surface area contributed by atoms with Gasteiger partial charge in [0.1, 0.15) is 5.75 Å². The smallest absolute Gasteiger partial charge is 0.264 e. The van der Waals surface area contributed by atoms with Gasteiger partial charge in [0, 0.05) is 6.42 Å². The predicted molar refractivity (Wildman–Crippen MR) is 158 cm³/mol. The Hall–Kier alpha value is -1.64. The molecule has 4 fully saturated rings. The number of benzene rings is 1. The number of nitrogens with one attached hydrogen (secondary N) is 1. The van der Waals surface area contributed by atoms with Gasteiger partial charge in [-0.25, -0.2) is 13.1 Å². The van der Waals surface area contributed by atoms with Gasteiger partial charge in [-0.05, 0) is 128 Å². The van der Waals surface area contributed by atoms with Crippen molar-refractivity contribution < 1.29 is 28.2 Å². The first-order valence-electron chi connectivity index (χ1n) is 15.9. The number of aliphatic hydroxyl groups is 2. The molecule has 4 aliphatic rings. The van der Waals surface area contributed by atoms with Gasteiger partial charge in [-0.15, -0.1) is 0 Å². The molecule has 4 aliphatic carbocycles. The molecule has 5 rings (SSSR count). The van der Waals surface area contributed by atoms with Gasteiger partial charge in [-0.2, -0.15) is 0 Å². The SMILES string of the molecule is CC[C@@H]1C2C[C@H](O)CCC2(C)[C@H]2CCC3(C)C([C@H](C)CCC(=O)NS(=O)(=O)c4ccc(OC)cc4)CC[C@H]3[C@@H]2[C@@H]1O. The van der Waals surface area contributed by atoms with Gasteiger partial charge in [0.25, 0.3) is 10.0 Å². The second-order valence-corrected chi connectivity index (χ2v) is 16.0. The zero-order chi connectivity index (χ0) is 29.7. The summed E-state index contributed by atoms with van der Waals surface area (Å²) in [6.07, 6.45) is 8.44. The fourth-order valence-corrected chi connectivity index (χ4v) is 11.5. The maximum absolute atomic E-state index is 12.8. The molecular weight excluding hydrogens is 538 g/mol. The van der Waals surface area contributed by atoms with Crippen molar-refractivity contribution in [1.29, 1.82) is 0 Å². The second kappa shape index (κ2) is 11.5. The van der Waals surface area contributed by atoms with Gasteiger partial charge in [-0.1, -0.05) is 34.1 Å². The van der Waals surface area contributed by atoms with Crippen LogP contribution in [0, 0.1) is 52.3 Å². The van der Waals surface area contributed by atoms with Gasteiger partial charge in [0.15, 0.2) is 0 Å². The van der Waals surface area contributed by atoms with Crippen LogP contribution in [0.1, 0.15) is 91.9 Å². The van der Waals surface area contributed by atoms with E-state index < -0.39 is 15.9 Å². The van der Waals surface area contributed by atoms with E-state index >= 15 is 0 Å². The van der Waals surface area contributed by atoms with Gasteiger partial charge < -0.3 is 14.9 Å². The number of carbonyl (C=O) groups excluding carboxylic acids is 1. The van der Waals surface area contributed by atoms with Crippen molar-refractivity contribution in [1.82, 2.24) is 4.72 Å². The topological polar surface area (TPSA) is 113 Å². The summed E-state index contributed by atoms with van der Waals surface area (Å²) in [7, 11) is -2.41. The molecule has 1 aromatic carbocycles. The Morgan fingerprint density at radius 1 is 1.02 bits per heavy atom. The predicted octanol–water partition coefficient (Wildman–Crippen LogP) is 5.54. The van der Waals surface area contributed by atoms with Gasteiger partial charge in [0.2, 0.25) is 5.91 Å². The zero-order valence-electron chi connectivity index (χ0n) is 25.5. The van der Waals surface area contributed by atoms with Gasteiger partial charge >= 0.3 is 0 Å². The molecule has 230 valence electrons. The van der Waals surface area contributed by atoms with Crippen molar-refractivity contribution in [3.63, 3.8) is 0 Å².